The second kappa shape index (κ2) is 9.18. The minimum absolute atomic E-state index is 0.0765. The van der Waals surface area contributed by atoms with Gasteiger partial charge in [-0.15, -0.1) is 34.9 Å². The van der Waals surface area contributed by atoms with Crippen LogP contribution in [-0.2, 0) is 20.1 Å². The van der Waals surface area contributed by atoms with Crippen molar-refractivity contribution in [2.75, 3.05) is 11.5 Å². The maximum atomic E-state index is 12.8. The number of nitrogen functional groups attached to an aromatic ring is 1. The molecule has 2 atom stereocenters. The summed E-state index contributed by atoms with van der Waals surface area (Å²) >= 11 is 3.75. The Hall–Kier alpha value is -3.10. The van der Waals surface area contributed by atoms with E-state index < -0.39 is 29.2 Å². The van der Waals surface area contributed by atoms with Crippen molar-refractivity contribution in [2.24, 2.45) is 5.16 Å². The predicted molar refractivity (Wildman–Crippen MR) is 120 cm³/mol. The first-order chi connectivity index (χ1) is 15.4. The van der Waals surface area contributed by atoms with Crippen LogP contribution in [-0.4, -0.2) is 65.8 Å². The molecule has 14 heteroatoms. The summed E-state index contributed by atoms with van der Waals surface area (Å²) < 4.78 is 0. The summed E-state index contributed by atoms with van der Waals surface area (Å²) in [6, 6.07) is 2.72. The molecule has 2 aromatic heterocycles. The highest BCUT2D eigenvalue weighted by Gasteiger charge is 2.54. The molecule has 0 unspecified atom stereocenters. The van der Waals surface area contributed by atoms with Crippen LogP contribution in [0.4, 0.5) is 5.13 Å². The molecular formula is C18H16N6O5S3. The zero-order valence-electron chi connectivity index (χ0n) is 16.2. The molecule has 0 saturated carbocycles. The summed E-state index contributed by atoms with van der Waals surface area (Å²) in [4.78, 5) is 46.9. The van der Waals surface area contributed by atoms with E-state index in [-0.39, 0.29) is 22.2 Å². The Morgan fingerprint density at radius 3 is 2.88 bits per heavy atom. The van der Waals surface area contributed by atoms with Gasteiger partial charge in [0.05, 0.1) is 0 Å². The maximum Gasteiger partial charge on any atom is 0.353 e. The summed E-state index contributed by atoms with van der Waals surface area (Å²) in [6.45, 7) is 0. The van der Waals surface area contributed by atoms with Crippen LogP contribution in [0.5, 0.6) is 0 Å². The van der Waals surface area contributed by atoms with Gasteiger partial charge in [-0.2, -0.15) is 0 Å². The molecule has 0 aliphatic carbocycles. The first kappa shape index (κ1) is 22.1. The van der Waals surface area contributed by atoms with Gasteiger partial charge in [-0.1, -0.05) is 11.2 Å². The number of thioether (sulfide) groups is 2. The van der Waals surface area contributed by atoms with Gasteiger partial charge in [0, 0.05) is 34.2 Å². The van der Waals surface area contributed by atoms with E-state index in [1.165, 1.54) is 33.8 Å². The number of nitrogens with one attached hydrogen (secondary N) is 1. The SMILES string of the molecule is Nc1nc(/C(=N/O)C(=O)N[C@@H]2C(=O)N3C(C(=O)O)=C(SCc4cccnc4)CS[C@@H]23)cs1. The van der Waals surface area contributed by atoms with Crippen LogP contribution in [0.1, 0.15) is 11.3 Å². The predicted octanol–water partition coefficient (Wildman–Crippen LogP) is 0.928. The fourth-order valence-corrected chi connectivity index (χ4v) is 6.29. The maximum absolute atomic E-state index is 12.8. The fraction of sp³-hybridized carbons (Fsp3) is 0.222. The van der Waals surface area contributed by atoms with Gasteiger partial charge >= 0.3 is 5.97 Å². The number of carbonyl (C=O) groups excluding carboxylic acids is 2. The lowest BCUT2D eigenvalue weighted by Gasteiger charge is -2.49. The molecule has 2 aliphatic rings. The number of nitrogens with two attached hydrogens (primary N) is 1. The van der Waals surface area contributed by atoms with E-state index in [0.29, 0.717) is 16.4 Å². The molecular weight excluding hydrogens is 476 g/mol. The lowest BCUT2D eigenvalue weighted by Crippen LogP contribution is -2.71. The Kier molecular flexibility index (Phi) is 6.34. The number of rotatable bonds is 7. The third kappa shape index (κ3) is 4.16. The van der Waals surface area contributed by atoms with Gasteiger partial charge in [-0.25, -0.2) is 9.78 Å². The minimum atomic E-state index is -1.21. The molecule has 11 nitrogen and oxygen atoms in total. The highest BCUT2D eigenvalue weighted by atomic mass is 32.2. The number of pyridine rings is 1. The molecule has 32 heavy (non-hydrogen) atoms. The standard InChI is InChI=1S/C18H16N6O5S3/c19-18-21-9(6-32-18)11(23-29)14(25)22-12-15(26)24-13(17(27)28)10(7-31-16(12)24)30-5-8-2-1-3-20-4-8/h1-4,6,12,16,29H,5,7H2,(H2,19,21)(H,22,25)(H,27,28)/b23-11-/t12-,16+/m1/s1. The Labute approximate surface area is 193 Å². The van der Waals surface area contributed by atoms with Crippen molar-refractivity contribution in [1.29, 1.82) is 0 Å². The highest BCUT2D eigenvalue weighted by Crippen LogP contribution is 2.44. The quantitative estimate of drug-likeness (QED) is 0.189. The molecule has 2 amide bonds. The van der Waals surface area contributed by atoms with E-state index in [0.717, 1.165) is 16.9 Å². The van der Waals surface area contributed by atoms with Crippen molar-refractivity contribution in [1.82, 2.24) is 20.2 Å². The van der Waals surface area contributed by atoms with Crippen LogP contribution in [0.3, 0.4) is 0 Å². The number of carboxylic acid groups (broad SMARTS) is 1. The number of β-lactam (4-membered cyclic amide) rings is 1. The van der Waals surface area contributed by atoms with Crippen LogP contribution in [0, 0.1) is 0 Å². The first-order valence-corrected chi connectivity index (χ1v) is 12.0. The second-order valence-corrected chi connectivity index (χ2v) is 9.67. The van der Waals surface area contributed by atoms with Gasteiger partial charge in [0.15, 0.2) is 10.8 Å². The van der Waals surface area contributed by atoms with Gasteiger partial charge in [-0.3, -0.25) is 19.5 Å². The average Bonchev–Trinajstić information content (AvgIpc) is 3.22. The zero-order valence-corrected chi connectivity index (χ0v) is 18.6. The van der Waals surface area contributed by atoms with Crippen LogP contribution in [0.2, 0.25) is 0 Å². The topological polar surface area (TPSA) is 171 Å². The molecule has 0 radical (unpaired) electrons. The number of aliphatic carboxylic acids is 1. The van der Waals surface area contributed by atoms with Crippen molar-refractivity contribution in [3.8, 4) is 0 Å². The first-order valence-electron chi connectivity index (χ1n) is 9.07. The van der Waals surface area contributed by atoms with Crippen molar-refractivity contribution in [2.45, 2.75) is 17.2 Å². The molecule has 4 heterocycles. The summed E-state index contributed by atoms with van der Waals surface area (Å²) in [6.07, 6.45) is 3.35. The van der Waals surface area contributed by atoms with Crippen molar-refractivity contribution in [3.63, 3.8) is 0 Å². The molecule has 0 aromatic carbocycles. The van der Waals surface area contributed by atoms with Gasteiger partial charge < -0.3 is 21.4 Å². The molecule has 5 N–H and O–H groups in total. The van der Waals surface area contributed by atoms with Crippen molar-refractivity contribution < 1.29 is 24.7 Å². The van der Waals surface area contributed by atoms with Gasteiger partial charge in [0.1, 0.15) is 22.8 Å². The number of hydrogen-bond acceptors (Lipinski definition) is 11. The van der Waals surface area contributed by atoms with E-state index >= 15 is 0 Å². The molecule has 2 aliphatic heterocycles. The number of anilines is 1. The second-order valence-electron chi connectivity index (χ2n) is 6.61. The smallest absolute Gasteiger partial charge is 0.353 e. The lowest BCUT2D eigenvalue weighted by atomic mass is 10.0. The fourth-order valence-electron chi connectivity index (χ4n) is 3.17. The van der Waals surface area contributed by atoms with Crippen molar-refractivity contribution in [3.05, 3.63) is 51.8 Å². The normalized spacial score (nSPS) is 20.6. The van der Waals surface area contributed by atoms with Crippen LogP contribution in [0.25, 0.3) is 0 Å². The lowest BCUT2D eigenvalue weighted by molar-refractivity contribution is -0.150. The molecule has 1 saturated heterocycles. The summed E-state index contributed by atoms with van der Waals surface area (Å²) in [7, 11) is 0. The van der Waals surface area contributed by atoms with Gasteiger partial charge in [-0.05, 0) is 11.6 Å². The Bertz CT molecular complexity index is 1140. The largest absolute Gasteiger partial charge is 0.477 e. The summed E-state index contributed by atoms with van der Waals surface area (Å²) in [5.41, 5.74) is 6.09. The number of oxime groups is 1. The number of hydrogen-bond donors (Lipinski definition) is 4. The Morgan fingerprint density at radius 1 is 1.44 bits per heavy atom. The van der Waals surface area contributed by atoms with Gasteiger partial charge in [0.25, 0.3) is 11.8 Å². The number of amides is 2. The third-order valence-corrected chi connectivity index (χ3v) is 7.94. The van der Waals surface area contributed by atoms with E-state index in [4.69, 9.17) is 5.73 Å². The number of carbonyl (C=O) groups is 3. The minimum Gasteiger partial charge on any atom is -0.477 e. The number of thiazole rings is 1. The number of aromatic nitrogens is 2. The third-order valence-electron chi connectivity index (χ3n) is 4.64. The molecule has 166 valence electrons. The van der Waals surface area contributed by atoms with E-state index in [1.54, 1.807) is 18.5 Å². The Morgan fingerprint density at radius 2 is 2.25 bits per heavy atom. The van der Waals surface area contributed by atoms with Gasteiger partial charge in [0.2, 0.25) is 0 Å². The van der Waals surface area contributed by atoms with E-state index in [1.807, 2.05) is 6.07 Å². The molecule has 4 rings (SSSR count). The highest BCUT2D eigenvalue weighted by molar-refractivity contribution is 8.05. The summed E-state index contributed by atoms with van der Waals surface area (Å²) in [5, 5.41) is 25.5. The number of carboxylic acids is 1. The van der Waals surface area contributed by atoms with Crippen LogP contribution >= 0.6 is 34.9 Å². The monoisotopic (exact) mass is 492 g/mol. The zero-order chi connectivity index (χ0) is 22.8. The molecule has 1 fully saturated rings. The van der Waals surface area contributed by atoms with Crippen molar-refractivity contribution >= 4 is 63.5 Å². The molecule has 0 bridgehead atoms. The van der Waals surface area contributed by atoms with Crippen LogP contribution in [0.15, 0.2) is 45.7 Å². The summed E-state index contributed by atoms with van der Waals surface area (Å²) in [5.74, 6) is -1.69. The van der Waals surface area contributed by atoms with E-state index in [9.17, 15) is 24.7 Å². The van der Waals surface area contributed by atoms with E-state index in [2.05, 4.69) is 20.4 Å². The Balaban J connectivity index is 1.48. The number of nitrogens with zero attached hydrogens (tertiary/aromatic N) is 4. The van der Waals surface area contributed by atoms with Crippen LogP contribution < -0.4 is 11.1 Å². The molecule has 2 aromatic rings. The number of fused-ring (bicyclic) bond motifs is 1. The molecule has 0 spiro atoms. The average molecular weight is 493 g/mol.